The number of nitrogens with zero attached hydrogens (tertiary/aromatic N) is 1. The van der Waals surface area contributed by atoms with E-state index in [0.717, 1.165) is 5.56 Å². The normalized spacial score (nSPS) is 13.1. The van der Waals surface area contributed by atoms with Gasteiger partial charge in [0, 0.05) is 6.54 Å². The van der Waals surface area contributed by atoms with Crippen LogP contribution < -0.4 is 5.32 Å². The molecule has 0 bridgehead atoms. The molecule has 0 radical (unpaired) electrons. The number of carbonyl (C=O) groups is 1. The van der Waals surface area contributed by atoms with E-state index in [1.54, 1.807) is 18.2 Å². The SMILES string of the molecule is O=C(NCCC(O)C(O)c1cccc(CO)n1)OCc1ccccc1. The maximum absolute atomic E-state index is 11.6. The number of aromatic nitrogens is 1. The first-order valence-electron chi connectivity index (χ1n) is 7.97. The predicted molar refractivity (Wildman–Crippen MR) is 90.4 cm³/mol. The number of benzene rings is 1. The summed E-state index contributed by atoms with van der Waals surface area (Å²) in [5, 5.41) is 31.7. The second kappa shape index (κ2) is 9.73. The molecule has 2 aromatic rings. The molecule has 2 rings (SSSR count). The van der Waals surface area contributed by atoms with E-state index in [1.165, 1.54) is 0 Å². The van der Waals surface area contributed by atoms with Gasteiger partial charge < -0.3 is 25.4 Å². The van der Waals surface area contributed by atoms with Crippen LogP contribution in [0.5, 0.6) is 0 Å². The molecule has 0 saturated carbocycles. The van der Waals surface area contributed by atoms with Crippen molar-refractivity contribution in [1.29, 1.82) is 0 Å². The standard InChI is InChI=1S/C18H22N2O5/c21-11-14-7-4-8-15(20-14)17(23)16(22)9-10-19-18(24)25-12-13-5-2-1-3-6-13/h1-8,16-17,21-23H,9-12H2,(H,19,24). The fourth-order valence-electron chi connectivity index (χ4n) is 2.20. The molecule has 1 aromatic heterocycles. The molecule has 1 amide bonds. The lowest BCUT2D eigenvalue weighted by Crippen LogP contribution is -2.30. The van der Waals surface area contributed by atoms with E-state index in [9.17, 15) is 15.0 Å². The highest BCUT2D eigenvalue weighted by atomic mass is 16.5. The first-order valence-corrected chi connectivity index (χ1v) is 7.97. The number of nitrogens with one attached hydrogen (secondary N) is 1. The number of hydrogen-bond donors (Lipinski definition) is 4. The molecule has 2 unspecified atom stereocenters. The number of pyridine rings is 1. The van der Waals surface area contributed by atoms with Crippen molar-refractivity contribution in [3.8, 4) is 0 Å². The van der Waals surface area contributed by atoms with Crippen molar-refractivity contribution < 1.29 is 24.9 Å². The second-order valence-electron chi connectivity index (χ2n) is 5.50. The van der Waals surface area contributed by atoms with Crippen molar-refractivity contribution >= 4 is 6.09 Å². The molecule has 7 heteroatoms. The number of amides is 1. The van der Waals surface area contributed by atoms with Crippen LogP contribution in [0, 0.1) is 0 Å². The zero-order valence-corrected chi connectivity index (χ0v) is 13.7. The summed E-state index contributed by atoms with van der Waals surface area (Å²) in [5.41, 5.74) is 1.56. The Morgan fingerprint density at radius 2 is 1.88 bits per heavy atom. The minimum Gasteiger partial charge on any atom is -0.445 e. The third-order valence-corrected chi connectivity index (χ3v) is 3.58. The van der Waals surface area contributed by atoms with Gasteiger partial charge in [0.1, 0.15) is 12.7 Å². The van der Waals surface area contributed by atoms with Gasteiger partial charge in [-0.3, -0.25) is 4.98 Å². The fourth-order valence-corrected chi connectivity index (χ4v) is 2.20. The van der Waals surface area contributed by atoms with Crippen LogP contribution in [0.3, 0.4) is 0 Å². The Morgan fingerprint density at radius 1 is 1.12 bits per heavy atom. The van der Waals surface area contributed by atoms with Gasteiger partial charge in [0.25, 0.3) is 0 Å². The summed E-state index contributed by atoms with van der Waals surface area (Å²) in [6, 6.07) is 14.1. The Bertz CT molecular complexity index is 666. The predicted octanol–water partition coefficient (Wildman–Crippen LogP) is 1.28. The van der Waals surface area contributed by atoms with Gasteiger partial charge in [0.2, 0.25) is 0 Å². The van der Waals surface area contributed by atoms with Crippen molar-refractivity contribution in [2.45, 2.75) is 31.8 Å². The molecule has 0 fully saturated rings. The summed E-state index contributed by atoms with van der Waals surface area (Å²) < 4.78 is 5.05. The van der Waals surface area contributed by atoms with Crippen LogP contribution in [-0.4, -0.2) is 39.0 Å². The van der Waals surface area contributed by atoms with Gasteiger partial charge in [-0.15, -0.1) is 0 Å². The maximum Gasteiger partial charge on any atom is 0.407 e. The van der Waals surface area contributed by atoms with Gasteiger partial charge in [0.15, 0.2) is 0 Å². The van der Waals surface area contributed by atoms with Crippen molar-refractivity contribution in [2.75, 3.05) is 6.54 Å². The van der Waals surface area contributed by atoms with Crippen molar-refractivity contribution in [2.24, 2.45) is 0 Å². The molecule has 25 heavy (non-hydrogen) atoms. The molecule has 4 N–H and O–H groups in total. The third kappa shape index (κ3) is 6.15. The Morgan fingerprint density at radius 3 is 2.60 bits per heavy atom. The summed E-state index contributed by atoms with van der Waals surface area (Å²) in [7, 11) is 0. The van der Waals surface area contributed by atoms with Crippen LogP contribution in [0.1, 0.15) is 29.5 Å². The molecule has 0 spiro atoms. The first-order chi connectivity index (χ1) is 12.1. The number of rotatable bonds is 8. The van der Waals surface area contributed by atoms with Crippen LogP contribution in [0.2, 0.25) is 0 Å². The zero-order valence-electron chi connectivity index (χ0n) is 13.7. The van der Waals surface area contributed by atoms with Gasteiger partial charge in [-0.1, -0.05) is 36.4 Å². The largest absolute Gasteiger partial charge is 0.445 e. The van der Waals surface area contributed by atoms with Gasteiger partial charge in [0.05, 0.1) is 24.1 Å². The highest BCUT2D eigenvalue weighted by molar-refractivity contribution is 5.67. The summed E-state index contributed by atoms with van der Waals surface area (Å²) in [6.45, 7) is 0.0622. The Balaban J connectivity index is 1.71. The zero-order chi connectivity index (χ0) is 18.1. The van der Waals surface area contributed by atoms with Crippen molar-refractivity contribution in [3.63, 3.8) is 0 Å². The van der Waals surface area contributed by atoms with Crippen molar-refractivity contribution in [1.82, 2.24) is 10.3 Å². The highest BCUT2D eigenvalue weighted by Crippen LogP contribution is 2.17. The second-order valence-corrected chi connectivity index (χ2v) is 5.50. The summed E-state index contributed by atoms with van der Waals surface area (Å²) >= 11 is 0. The van der Waals surface area contributed by atoms with Gasteiger partial charge in [-0.25, -0.2) is 4.79 Å². The quantitative estimate of drug-likeness (QED) is 0.573. The monoisotopic (exact) mass is 346 g/mol. The average Bonchev–Trinajstić information content (AvgIpc) is 2.66. The molecule has 2 atom stereocenters. The Hall–Kier alpha value is -2.48. The number of carbonyl (C=O) groups excluding carboxylic acids is 1. The van der Waals surface area contributed by atoms with Crippen LogP contribution in [0.15, 0.2) is 48.5 Å². The van der Waals surface area contributed by atoms with E-state index < -0.39 is 18.3 Å². The minimum atomic E-state index is -1.20. The molecule has 1 heterocycles. The van der Waals surface area contributed by atoms with Crippen LogP contribution >= 0.6 is 0 Å². The van der Waals surface area contributed by atoms with Gasteiger partial charge in [-0.2, -0.15) is 0 Å². The molecule has 1 aromatic carbocycles. The smallest absolute Gasteiger partial charge is 0.407 e. The van der Waals surface area contributed by atoms with E-state index in [1.807, 2.05) is 30.3 Å². The Labute approximate surface area is 145 Å². The van der Waals surface area contributed by atoms with Gasteiger partial charge in [-0.05, 0) is 24.1 Å². The topological polar surface area (TPSA) is 112 Å². The molecular formula is C18H22N2O5. The number of ether oxygens (including phenoxy) is 1. The fraction of sp³-hybridized carbons (Fsp3) is 0.333. The van der Waals surface area contributed by atoms with Crippen LogP contribution in [0.4, 0.5) is 4.79 Å². The van der Waals surface area contributed by atoms with Crippen LogP contribution in [-0.2, 0) is 18.0 Å². The lowest BCUT2D eigenvalue weighted by molar-refractivity contribution is 0.0109. The van der Waals surface area contributed by atoms with E-state index in [0.29, 0.717) is 5.69 Å². The summed E-state index contributed by atoms with van der Waals surface area (Å²) in [4.78, 5) is 15.7. The maximum atomic E-state index is 11.6. The number of alkyl carbamates (subject to hydrolysis) is 1. The molecule has 134 valence electrons. The first kappa shape index (κ1) is 18.9. The third-order valence-electron chi connectivity index (χ3n) is 3.58. The number of hydrogen-bond acceptors (Lipinski definition) is 6. The van der Waals surface area contributed by atoms with E-state index in [-0.39, 0.29) is 31.9 Å². The minimum absolute atomic E-state index is 0.132. The molecular weight excluding hydrogens is 324 g/mol. The van der Waals surface area contributed by atoms with Gasteiger partial charge >= 0.3 is 6.09 Å². The van der Waals surface area contributed by atoms with E-state index in [2.05, 4.69) is 10.3 Å². The summed E-state index contributed by atoms with van der Waals surface area (Å²) in [5.74, 6) is 0. The molecule has 7 nitrogen and oxygen atoms in total. The van der Waals surface area contributed by atoms with E-state index in [4.69, 9.17) is 9.84 Å². The van der Waals surface area contributed by atoms with Crippen molar-refractivity contribution in [3.05, 3.63) is 65.5 Å². The molecule has 0 aliphatic heterocycles. The highest BCUT2D eigenvalue weighted by Gasteiger charge is 2.20. The lowest BCUT2D eigenvalue weighted by atomic mass is 10.1. The Kier molecular flexibility index (Phi) is 7.34. The molecule has 0 saturated heterocycles. The number of aliphatic hydroxyl groups is 3. The molecule has 0 aliphatic carbocycles. The number of aliphatic hydroxyl groups excluding tert-OH is 3. The van der Waals surface area contributed by atoms with E-state index >= 15 is 0 Å². The van der Waals surface area contributed by atoms with Crippen LogP contribution in [0.25, 0.3) is 0 Å². The summed E-state index contributed by atoms with van der Waals surface area (Å²) in [6.07, 6.45) is -2.76. The molecule has 0 aliphatic rings. The lowest BCUT2D eigenvalue weighted by Gasteiger charge is -2.18. The average molecular weight is 346 g/mol.